The molecule has 0 spiro atoms. The van der Waals surface area contributed by atoms with Crippen molar-refractivity contribution in [1.82, 2.24) is 0 Å². The van der Waals surface area contributed by atoms with Crippen LogP contribution >= 0.6 is 0 Å². The van der Waals surface area contributed by atoms with Crippen molar-refractivity contribution >= 4 is 11.0 Å². The van der Waals surface area contributed by atoms with Crippen molar-refractivity contribution in [3.8, 4) is 0 Å². The summed E-state index contributed by atoms with van der Waals surface area (Å²) < 4.78 is 5.70. The number of fused-ring (bicyclic) bond motifs is 1. The summed E-state index contributed by atoms with van der Waals surface area (Å²) >= 11 is 0. The molecule has 0 bridgehead atoms. The second-order valence-electron chi connectivity index (χ2n) is 5.29. The van der Waals surface area contributed by atoms with Crippen molar-refractivity contribution in [2.24, 2.45) is 0 Å². The molecule has 16 heavy (non-hydrogen) atoms. The summed E-state index contributed by atoms with van der Waals surface area (Å²) in [6.07, 6.45) is 4.65. The van der Waals surface area contributed by atoms with Crippen LogP contribution in [0, 0.1) is 6.92 Å². The van der Waals surface area contributed by atoms with Crippen LogP contribution in [0.3, 0.4) is 0 Å². The van der Waals surface area contributed by atoms with Crippen LogP contribution in [0.5, 0.6) is 0 Å². The van der Waals surface area contributed by atoms with E-state index < -0.39 is 0 Å². The molecule has 0 atom stereocenters. The Kier molecular flexibility index (Phi) is 2.10. The van der Waals surface area contributed by atoms with E-state index in [-0.39, 0.29) is 0 Å². The fourth-order valence-corrected chi connectivity index (χ4v) is 2.72. The van der Waals surface area contributed by atoms with Gasteiger partial charge in [0.2, 0.25) is 0 Å². The lowest BCUT2D eigenvalue weighted by Crippen LogP contribution is -1.94. The summed E-state index contributed by atoms with van der Waals surface area (Å²) in [4.78, 5) is 0. The van der Waals surface area contributed by atoms with Gasteiger partial charge in [-0.3, -0.25) is 0 Å². The second kappa shape index (κ2) is 3.38. The molecule has 1 heterocycles. The average Bonchev–Trinajstić information content (AvgIpc) is 2.99. The zero-order chi connectivity index (χ0) is 11.3. The molecule has 0 radical (unpaired) electrons. The number of rotatable bonds is 2. The molecular weight excluding hydrogens is 196 g/mol. The maximum absolute atomic E-state index is 5.70. The summed E-state index contributed by atoms with van der Waals surface area (Å²) in [6, 6.07) is 4.29. The van der Waals surface area contributed by atoms with Crippen LogP contribution in [0.4, 0.5) is 0 Å². The monoisotopic (exact) mass is 214 g/mol. The maximum atomic E-state index is 5.70. The largest absolute Gasteiger partial charge is 0.464 e. The highest BCUT2D eigenvalue weighted by Crippen LogP contribution is 2.46. The molecule has 3 rings (SSSR count). The van der Waals surface area contributed by atoms with E-state index >= 15 is 0 Å². The first-order valence-electron chi connectivity index (χ1n) is 6.19. The van der Waals surface area contributed by atoms with Crippen LogP contribution in [-0.2, 0) is 0 Å². The van der Waals surface area contributed by atoms with Crippen molar-refractivity contribution in [2.75, 3.05) is 0 Å². The van der Waals surface area contributed by atoms with E-state index in [2.05, 4.69) is 32.9 Å². The quantitative estimate of drug-likeness (QED) is 0.703. The third-order valence-electron chi connectivity index (χ3n) is 3.62. The minimum Gasteiger partial charge on any atom is -0.464 e. The zero-order valence-corrected chi connectivity index (χ0v) is 10.2. The van der Waals surface area contributed by atoms with Crippen molar-refractivity contribution in [3.05, 3.63) is 35.1 Å². The standard InChI is InChI=1S/C15H18O/c1-9(2)14-10(3)4-7-13-15(14)12(8-16-13)11-5-6-11/h4,7-9,11H,5-6H2,1-3H3. The van der Waals surface area contributed by atoms with E-state index in [0.717, 1.165) is 11.5 Å². The first-order valence-corrected chi connectivity index (χ1v) is 6.19. The van der Waals surface area contributed by atoms with Crippen molar-refractivity contribution in [2.45, 2.75) is 45.4 Å². The van der Waals surface area contributed by atoms with Crippen molar-refractivity contribution < 1.29 is 4.42 Å². The average molecular weight is 214 g/mol. The molecule has 1 fully saturated rings. The van der Waals surface area contributed by atoms with Gasteiger partial charge in [0.1, 0.15) is 5.58 Å². The van der Waals surface area contributed by atoms with Gasteiger partial charge in [-0.15, -0.1) is 0 Å². The Labute approximate surface area is 96.5 Å². The van der Waals surface area contributed by atoms with Gasteiger partial charge in [-0.25, -0.2) is 0 Å². The summed E-state index contributed by atoms with van der Waals surface area (Å²) in [6.45, 7) is 6.75. The van der Waals surface area contributed by atoms with E-state index in [1.807, 2.05) is 6.26 Å². The van der Waals surface area contributed by atoms with E-state index in [4.69, 9.17) is 4.42 Å². The van der Waals surface area contributed by atoms with Gasteiger partial charge in [-0.1, -0.05) is 19.9 Å². The fourth-order valence-electron chi connectivity index (χ4n) is 2.72. The predicted molar refractivity (Wildman–Crippen MR) is 67.0 cm³/mol. The van der Waals surface area contributed by atoms with Crippen LogP contribution in [-0.4, -0.2) is 0 Å². The number of hydrogen-bond donors (Lipinski definition) is 0. The summed E-state index contributed by atoms with van der Waals surface area (Å²) in [5, 5.41) is 1.40. The van der Waals surface area contributed by atoms with Crippen molar-refractivity contribution in [1.29, 1.82) is 0 Å². The smallest absolute Gasteiger partial charge is 0.134 e. The first-order chi connectivity index (χ1) is 7.68. The first kappa shape index (κ1) is 9.95. The highest BCUT2D eigenvalue weighted by atomic mass is 16.3. The molecule has 2 aromatic rings. The minimum absolute atomic E-state index is 0.568. The zero-order valence-electron chi connectivity index (χ0n) is 10.2. The van der Waals surface area contributed by atoms with Gasteiger partial charge in [0.15, 0.2) is 0 Å². The lowest BCUT2D eigenvalue weighted by Gasteiger charge is -2.12. The van der Waals surface area contributed by atoms with Crippen LogP contribution in [0.25, 0.3) is 11.0 Å². The van der Waals surface area contributed by atoms with Gasteiger partial charge in [0, 0.05) is 10.9 Å². The number of aryl methyl sites for hydroxylation is 1. The highest BCUT2D eigenvalue weighted by Gasteiger charge is 2.28. The minimum atomic E-state index is 0.568. The van der Waals surface area contributed by atoms with Gasteiger partial charge < -0.3 is 4.42 Å². The highest BCUT2D eigenvalue weighted by molar-refractivity contribution is 5.87. The van der Waals surface area contributed by atoms with Gasteiger partial charge >= 0.3 is 0 Å². The Balaban J connectivity index is 2.33. The molecule has 84 valence electrons. The van der Waals surface area contributed by atoms with Gasteiger partial charge in [-0.2, -0.15) is 0 Å². The third kappa shape index (κ3) is 1.38. The SMILES string of the molecule is Cc1ccc2occ(C3CC3)c2c1C(C)C. The molecule has 0 saturated heterocycles. The molecule has 0 unspecified atom stereocenters. The van der Waals surface area contributed by atoms with Crippen LogP contribution in [0.1, 0.15) is 55.2 Å². The van der Waals surface area contributed by atoms with E-state index in [0.29, 0.717) is 5.92 Å². The fraction of sp³-hybridized carbons (Fsp3) is 0.467. The third-order valence-corrected chi connectivity index (χ3v) is 3.62. The summed E-state index contributed by atoms with van der Waals surface area (Å²) in [5.74, 6) is 1.33. The maximum Gasteiger partial charge on any atom is 0.134 e. The molecular formula is C15H18O. The number of furan rings is 1. The molecule has 0 aliphatic heterocycles. The molecule has 1 nitrogen and oxygen atoms in total. The number of hydrogen-bond acceptors (Lipinski definition) is 1. The van der Waals surface area contributed by atoms with Crippen LogP contribution < -0.4 is 0 Å². The van der Waals surface area contributed by atoms with E-state index in [9.17, 15) is 0 Å². The Morgan fingerprint density at radius 1 is 1.25 bits per heavy atom. The topological polar surface area (TPSA) is 13.1 Å². The second-order valence-corrected chi connectivity index (χ2v) is 5.29. The normalized spacial score (nSPS) is 16.2. The Morgan fingerprint density at radius 2 is 2.00 bits per heavy atom. The molecule has 0 N–H and O–H groups in total. The lowest BCUT2D eigenvalue weighted by molar-refractivity contribution is 0.610. The molecule has 1 heteroatoms. The van der Waals surface area contributed by atoms with Crippen molar-refractivity contribution in [3.63, 3.8) is 0 Å². The lowest BCUT2D eigenvalue weighted by atomic mass is 9.91. The molecule has 0 amide bonds. The van der Waals surface area contributed by atoms with E-state index in [1.165, 1.54) is 34.9 Å². The Hall–Kier alpha value is -1.24. The summed E-state index contributed by atoms with van der Waals surface area (Å²) in [7, 11) is 0. The van der Waals surface area contributed by atoms with Gasteiger partial charge in [0.25, 0.3) is 0 Å². The van der Waals surface area contributed by atoms with E-state index in [1.54, 1.807) is 0 Å². The molecule has 1 aliphatic rings. The molecule has 1 aromatic heterocycles. The van der Waals surface area contributed by atoms with Gasteiger partial charge in [0.05, 0.1) is 6.26 Å². The van der Waals surface area contributed by atoms with Crippen LogP contribution in [0.2, 0.25) is 0 Å². The van der Waals surface area contributed by atoms with Crippen LogP contribution in [0.15, 0.2) is 22.8 Å². The van der Waals surface area contributed by atoms with Gasteiger partial charge in [-0.05, 0) is 48.8 Å². The Morgan fingerprint density at radius 3 is 2.62 bits per heavy atom. The molecule has 1 aliphatic carbocycles. The Bertz CT molecular complexity index is 530. The molecule has 1 saturated carbocycles. The number of benzene rings is 1. The molecule has 1 aromatic carbocycles. The summed E-state index contributed by atoms with van der Waals surface area (Å²) in [5.41, 5.74) is 5.39. The predicted octanol–water partition coefficient (Wildman–Crippen LogP) is 4.74.